The van der Waals surface area contributed by atoms with Gasteiger partial charge in [-0.05, 0) is 31.7 Å². The van der Waals surface area contributed by atoms with Gasteiger partial charge in [0, 0.05) is 32.1 Å². The van der Waals surface area contributed by atoms with Gasteiger partial charge < -0.3 is 9.47 Å². The van der Waals surface area contributed by atoms with Crippen LogP contribution >= 0.6 is 11.6 Å². The summed E-state index contributed by atoms with van der Waals surface area (Å²) in [6, 6.07) is 5.34. The third kappa shape index (κ3) is 5.93. The molecule has 1 N–H and O–H groups in total. The van der Waals surface area contributed by atoms with Crippen molar-refractivity contribution in [3.8, 4) is 17.4 Å². The third-order valence-corrected chi connectivity index (χ3v) is 8.26. The normalized spacial score (nSPS) is 16.4. The zero-order chi connectivity index (χ0) is 25.7. The number of anilines is 1. The fourth-order valence-corrected chi connectivity index (χ4v) is 5.63. The van der Waals surface area contributed by atoms with Gasteiger partial charge in [-0.25, -0.2) is 23.4 Å². The largest absolute Gasteiger partial charge is 0.481 e. The molecule has 2 atom stereocenters. The molecule has 0 bridgehead atoms. The number of nitrogens with zero attached hydrogens (tertiary/aromatic N) is 6. The molecule has 0 amide bonds. The van der Waals surface area contributed by atoms with Crippen LogP contribution in [0.5, 0.6) is 5.88 Å². The summed E-state index contributed by atoms with van der Waals surface area (Å²) in [5, 5.41) is 7.81. The van der Waals surface area contributed by atoms with E-state index in [-0.39, 0.29) is 11.8 Å². The van der Waals surface area contributed by atoms with E-state index >= 15 is 0 Å². The topological polar surface area (TPSA) is 134 Å². The van der Waals surface area contributed by atoms with Crippen molar-refractivity contribution in [2.75, 3.05) is 18.9 Å². The first-order valence-electron chi connectivity index (χ1n) is 11.8. The Labute approximate surface area is 215 Å². The van der Waals surface area contributed by atoms with Crippen LogP contribution in [0.25, 0.3) is 11.5 Å². The van der Waals surface area contributed by atoms with Crippen molar-refractivity contribution in [1.82, 2.24) is 29.7 Å². The predicted molar refractivity (Wildman–Crippen MR) is 135 cm³/mol. The van der Waals surface area contributed by atoms with Gasteiger partial charge >= 0.3 is 0 Å². The van der Waals surface area contributed by atoms with Crippen molar-refractivity contribution < 1.29 is 17.9 Å². The van der Waals surface area contributed by atoms with Crippen LogP contribution in [0.15, 0.2) is 30.6 Å². The van der Waals surface area contributed by atoms with Gasteiger partial charge in [0.1, 0.15) is 17.0 Å². The molecule has 3 aromatic heterocycles. The number of nitrogens with one attached hydrogen (secondary N) is 1. The molecule has 13 heteroatoms. The summed E-state index contributed by atoms with van der Waals surface area (Å²) in [5.41, 5.74) is 0.542. The third-order valence-electron chi connectivity index (χ3n) is 6.38. The maximum Gasteiger partial charge on any atom is 0.240 e. The number of hydrogen-bond acceptors (Lipinski definition) is 9. The fraction of sp³-hybridized carbons (Fsp3) is 0.522. The molecule has 0 spiro atoms. The fourth-order valence-electron chi connectivity index (χ4n) is 4.38. The zero-order valence-electron chi connectivity index (χ0n) is 20.5. The summed E-state index contributed by atoms with van der Waals surface area (Å²) in [6.07, 6.45) is 7.51. The number of rotatable bonds is 10. The highest BCUT2D eigenvalue weighted by atomic mass is 35.5. The SMILES string of the molecule is COc1cccc(-c2nnc(NS(=O)(=O)[C@@H](C)[C@H](OC)c3ncc(Cl)cn3)n2CC2CCCCC2)n1. The van der Waals surface area contributed by atoms with Crippen LogP contribution < -0.4 is 9.46 Å². The minimum Gasteiger partial charge on any atom is -0.481 e. The Hall–Kier alpha value is -2.83. The van der Waals surface area contributed by atoms with E-state index in [1.807, 2.05) is 6.07 Å². The highest BCUT2D eigenvalue weighted by Crippen LogP contribution is 2.30. The van der Waals surface area contributed by atoms with Crippen molar-refractivity contribution in [3.05, 3.63) is 41.4 Å². The lowest BCUT2D eigenvalue weighted by Gasteiger charge is -2.24. The Morgan fingerprint density at radius 1 is 1.14 bits per heavy atom. The van der Waals surface area contributed by atoms with Gasteiger partial charge in [0.25, 0.3) is 0 Å². The lowest BCUT2D eigenvalue weighted by atomic mass is 9.89. The molecular formula is C23H30ClN7O4S. The number of sulfonamides is 1. The maximum absolute atomic E-state index is 13.4. The molecule has 1 aliphatic rings. The molecule has 0 aromatic carbocycles. The lowest BCUT2D eigenvalue weighted by Crippen LogP contribution is -2.33. The van der Waals surface area contributed by atoms with Crippen LogP contribution in [0, 0.1) is 5.92 Å². The number of pyridine rings is 1. The highest BCUT2D eigenvalue weighted by Gasteiger charge is 2.34. The first-order valence-corrected chi connectivity index (χ1v) is 13.7. The summed E-state index contributed by atoms with van der Waals surface area (Å²) < 4.78 is 42.0. The molecule has 3 heterocycles. The average Bonchev–Trinajstić information content (AvgIpc) is 3.27. The van der Waals surface area contributed by atoms with Crippen molar-refractivity contribution in [3.63, 3.8) is 0 Å². The molecule has 1 aliphatic carbocycles. The molecule has 3 aromatic rings. The molecule has 4 rings (SSSR count). The number of aromatic nitrogens is 6. The van der Waals surface area contributed by atoms with Crippen LogP contribution in [0.3, 0.4) is 0 Å². The summed E-state index contributed by atoms with van der Waals surface area (Å²) in [7, 11) is -1.04. The number of hydrogen-bond donors (Lipinski definition) is 1. The molecule has 0 radical (unpaired) electrons. The lowest BCUT2D eigenvalue weighted by molar-refractivity contribution is 0.0950. The number of halogens is 1. The van der Waals surface area contributed by atoms with Crippen molar-refractivity contribution in [2.45, 2.75) is 56.9 Å². The van der Waals surface area contributed by atoms with Crippen LogP contribution in [-0.4, -0.2) is 57.6 Å². The minimum absolute atomic E-state index is 0.124. The molecule has 36 heavy (non-hydrogen) atoms. The van der Waals surface area contributed by atoms with E-state index in [9.17, 15) is 8.42 Å². The van der Waals surface area contributed by atoms with Gasteiger partial charge in [0.2, 0.25) is 21.9 Å². The number of ether oxygens (including phenoxy) is 2. The summed E-state index contributed by atoms with van der Waals surface area (Å²) in [6.45, 7) is 2.10. The Kier molecular flexibility index (Phi) is 8.37. The Balaban J connectivity index is 1.66. The summed E-state index contributed by atoms with van der Waals surface area (Å²) in [4.78, 5) is 12.7. The molecule has 0 saturated heterocycles. The Morgan fingerprint density at radius 2 is 1.86 bits per heavy atom. The van der Waals surface area contributed by atoms with Gasteiger partial charge in [-0.2, -0.15) is 0 Å². The van der Waals surface area contributed by atoms with E-state index in [2.05, 4.69) is 29.9 Å². The van der Waals surface area contributed by atoms with Crippen LogP contribution in [0.4, 0.5) is 5.95 Å². The van der Waals surface area contributed by atoms with E-state index in [0.717, 1.165) is 25.7 Å². The maximum atomic E-state index is 13.4. The van der Waals surface area contributed by atoms with E-state index in [1.54, 1.807) is 16.7 Å². The average molecular weight is 536 g/mol. The van der Waals surface area contributed by atoms with Gasteiger partial charge in [-0.3, -0.25) is 9.29 Å². The standard InChI is InChI=1S/C23H30ClN7O4S/c1-15(20(35-3)21-25-12-17(24)13-26-21)36(32,33)30-23-29-28-22(18-10-7-11-19(27-18)34-2)31(23)14-16-8-5-4-6-9-16/h7,10-13,15-16,20H,4-6,8-9,14H2,1-3H3,(H,29,30)/t15-,20-/m0/s1. The van der Waals surface area contributed by atoms with Crippen LogP contribution in [-0.2, 0) is 21.3 Å². The first kappa shape index (κ1) is 26.2. The van der Waals surface area contributed by atoms with Crippen molar-refractivity contribution in [2.24, 2.45) is 5.92 Å². The molecular weight excluding hydrogens is 506 g/mol. The Bertz CT molecular complexity index is 1260. The van der Waals surface area contributed by atoms with E-state index in [1.165, 1.54) is 40.0 Å². The summed E-state index contributed by atoms with van der Waals surface area (Å²) >= 11 is 5.88. The highest BCUT2D eigenvalue weighted by molar-refractivity contribution is 7.93. The molecule has 194 valence electrons. The summed E-state index contributed by atoms with van der Waals surface area (Å²) in [5.74, 6) is 1.62. The van der Waals surface area contributed by atoms with Crippen LogP contribution in [0.1, 0.15) is 51.0 Å². The molecule has 11 nitrogen and oxygen atoms in total. The minimum atomic E-state index is -3.98. The quantitative estimate of drug-likeness (QED) is 0.410. The van der Waals surface area contributed by atoms with Gasteiger partial charge in [0.05, 0.1) is 12.1 Å². The second-order valence-electron chi connectivity index (χ2n) is 8.80. The zero-order valence-corrected chi connectivity index (χ0v) is 22.0. The van der Waals surface area contributed by atoms with Gasteiger partial charge in [-0.15, -0.1) is 10.2 Å². The Morgan fingerprint density at radius 3 is 2.53 bits per heavy atom. The van der Waals surface area contributed by atoms with E-state index < -0.39 is 21.4 Å². The number of methoxy groups -OCH3 is 2. The monoisotopic (exact) mass is 535 g/mol. The first-order chi connectivity index (χ1) is 17.3. The van der Waals surface area contributed by atoms with Crippen molar-refractivity contribution in [1.29, 1.82) is 0 Å². The molecule has 1 saturated carbocycles. The van der Waals surface area contributed by atoms with Gasteiger partial charge in [0.15, 0.2) is 11.6 Å². The van der Waals surface area contributed by atoms with Crippen LogP contribution in [0.2, 0.25) is 5.02 Å². The second kappa shape index (κ2) is 11.5. The van der Waals surface area contributed by atoms with E-state index in [0.29, 0.717) is 34.9 Å². The molecule has 0 unspecified atom stereocenters. The molecule has 1 fully saturated rings. The van der Waals surface area contributed by atoms with Crippen molar-refractivity contribution >= 4 is 27.6 Å². The van der Waals surface area contributed by atoms with E-state index in [4.69, 9.17) is 21.1 Å². The second-order valence-corrected chi connectivity index (χ2v) is 11.3. The molecule has 0 aliphatic heterocycles. The van der Waals surface area contributed by atoms with Gasteiger partial charge in [-0.1, -0.05) is 36.9 Å². The smallest absolute Gasteiger partial charge is 0.240 e. The predicted octanol–water partition coefficient (Wildman–Crippen LogP) is 3.89.